The van der Waals surface area contributed by atoms with Crippen LogP contribution in [0.2, 0.25) is 0 Å². The molecule has 38 heavy (non-hydrogen) atoms. The van der Waals surface area contributed by atoms with Crippen molar-refractivity contribution in [3.63, 3.8) is 0 Å². The van der Waals surface area contributed by atoms with Gasteiger partial charge in [0.25, 0.3) is 0 Å². The van der Waals surface area contributed by atoms with Gasteiger partial charge in [-0.1, -0.05) is 35.9 Å². The zero-order valence-corrected chi connectivity index (χ0v) is 22.5. The number of nitrogens with one attached hydrogen (secondary N) is 3. The number of hydrogen-bond donors (Lipinski definition) is 3. The smallest absolute Gasteiger partial charge is 0.237 e. The molecule has 4 aromatic carbocycles. The normalized spacial score (nSPS) is 11.6. The average Bonchev–Trinajstić information content (AvgIpc) is 3.35. The van der Waals surface area contributed by atoms with Crippen LogP contribution in [0.15, 0.2) is 106 Å². The molecule has 5 rings (SSSR count). The third kappa shape index (κ3) is 6.40. The summed E-state index contributed by atoms with van der Waals surface area (Å²) >= 11 is 6.93. The Kier molecular flexibility index (Phi) is 7.72. The first-order valence-corrected chi connectivity index (χ1v) is 13.4. The van der Waals surface area contributed by atoms with E-state index in [0.717, 1.165) is 32.9 Å². The number of nitrogens with zero attached hydrogens (tertiary/aromatic N) is 1. The second-order valence-electron chi connectivity index (χ2n) is 8.79. The van der Waals surface area contributed by atoms with E-state index in [1.54, 1.807) is 0 Å². The predicted octanol–water partition coefficient (Wildman–Crippen LogP) is 7.73. The molecular weight excluding hydrogens is 512 g/mol. The van der Waals surface area contributed by atoms with Gasteiger partial charge in [0.15, 0.2) is 10.7 Å². The van der Waals surface area contributed by atoms with Crippen molar-refractivity contribution in [1.29, 1.82) is 0 Å². The van der Waals surface area contributed by atoms with Gasteiger partial charge in [-0.15, -0.1) is 11.8 Å². The summed E-state index contributed by atoms with van der Waals surface area (Å²) in [5, 5.41) is 9.58. The molecule has 6 nitrogen and oxygen atoms in total. The number of carbonyl (C=O) groups excluding carboxylic acids is 1. The second kappa shape index (κ2) is 11.5. The number of thiocarbonyl (C=S) groups is 1. The summed E-state index contributed by atoms with van der Waals surface area (Å²) in [6, 6.07) is 31.0. The van der Waals surface area contributed by atoms with Crippen LogP contribution in [0, 0.1) is 6.92 Å². The van der Waals surface area contributed by atoms with E-state index in [9.17, 15) is 4.79 Å². The number of para-hydroxylation sites is 2. The molecule has 0 radical (unpaired) electrons. The second-order valence-corrected chi connectivity index (χ2v) is 10.6. The highest BCUT2D eigenvalue weighted by atomic mass is 32.2. The van der Waals surface area contributed by atoms with Crippen LogP contribution in [0.5, 0.6) is 0 Å². The van der Waals surface area contributed by atoms with Crippen LogP contribution >= 0.6 is 24.0 Å². The molecule has 0 fully saturated rings. The monoisotopic (exact) mass is 538 g/mol. The van der Waals surface area contributed by atoms with Gasteiger partial charge < -0.3 is 20.4 Å². The number of benzene rings is 4. The van der Waals surface area contributed by atoms with Crippen LogP contribution in [0.1, 0.15) is 12.5 Å². The lowest BCUT2D eigenvalue weighted by atomic mass is 10.2. The van der Waals surface area contributed by atoms with E-state index in [1.807, 2.05) is 111 Å². The van der Waals surface area contributed by atoms with E-state index in [-0.39, 0.29) is 11.2 Å². The summed E-state index contributed by atoms with van der Waals surface area (Å²) < 4.78 is 5.83. The summed E-state index contributed by atoms with van der Waals surface area (Å²) in [5.41, 5.74) is 6.08. The molecule has 1 heterocycles. The van der Waals surface area contributed by atoms with Gasteiger partial charge in [0.2, 0.25) is 11.8 Å². The molecule has 1 amide bonds. The molecule has 3 N–H and O–H groups in total. The van der Waals surface area contributed by atoms with Crippen molar-refractivity contribution >= 4 is 63.2 Å². The molecule has 0 aliphatic heterocycles. The Morgan fingerprint density at radius 3 is 2.29 bits per heavy atom. The van der Waals surface area contributed by atoms with Crippen LogP contribution in [0.25, 0.3) is 22.6 Å². The van der Waals surface area contributed by atoms with E-state index in [1.165, 1.54) is 17.3 Å². The quantitative estimate of drug-likeness (QED) is 0.144. The molecule has 1 aromatic heterocycles. The highest BCUT2D eigenvalue weighted by Crippen LogP contribution is 2.28. The Labute approximate surface area is 230 Å². The van der Waals surface area contributed by atoms with E-state index < -0.39 is 0 Å². The largest absolute Gasteiger partial charge is 0.436 e. The molecule has 0 aliphatic carbocycles. The lowest BCUT2D eigenvalue weighted by Gasteiger charge is -2.14. The third-order valence-electron chi connectivity index (χ3n) is 5.78. The number of thioether (sulfide) groups is 1. The molecule has 0 saturated carbocycles. The van der Waals surface area contributed by atoms with Gasteiger partial charge in [-0.2, -0.15) is 0 Å². The van der Waals surface area contributed by atoms with Crippen LogP contribution in [0.4, 0.5) is 17.1 Å². The number of amides is 1. The molecule has 5 aromatic rings. The van der Waals surface area contributed by atoms with Crippen LogP contribution in [-0.4, -0.2) is 21.3 Å². The molecule has 0 saturated heterocycles. The zero-order valence-electron chi connectivity index (χ0n) is 20.9. The number of fused-ring (bicyclic) bond motifs is 1. The topological polar surface area (TPSA) is 79.2 Å². The van der Waals surface area contributed by atoms with Crippen LogP contribution in [0.3, 0.4) is 0 Å². The van der Waals surface area contributed by atoms with Gasteiger partial charge in [0, 0.05) is 27.5 Å². The van der Waals surface area contributed by atoms with Gasteiger partial charge in [-0.25, -0.2) is 4.98 Å². The fourth-order valence-electron chi connectivity index (χ4n) is 3.77. The number of rotatable bonds is 7. The summed E-state index contributed by atoms with van der Waals surface area (Å²) in [7, 11) is 0. The number of oxazole rings is 1. The van der Waals surface area contributed by atoms with Gasteiger partial charge in [0.05, 0.1) is 5.25 Å². The van der Waals surface area contributed by atoms with Crippen molar-refractivity contribution in [1.82, 2.24) is 4.98 Å². The van der Waals surface area contributed by atoms with E-state index in [2.05, 4.69) is 20.9 Å². The molecule has 1 atom stereocenters. The lowest BCUT2D eigenvalue weighted by Crippen LogP contribution is -2.22. The maximum absolute atomic E-state index is 12.9. The minimum atomic E-state index is -0.306. The van der Waals surface area contributed by atoms with Gasteiger partial charge in [0.1, 0.15) is 5.52 Å². The summed E-state index contributed by atoms with van der Waals surface area (Å²) in [5.74, 6) is 0.467. The molecule has 0 bridgehead atoms. The number of hydrogen-bond acceptors (Lipinski definition) is 5. The van der Waals surface area contributed by atoms with E-state index >= 15 is 0 Å². The number of aryl methyl sites for hydroxylation is 1. The predicted molar refractivity (Wildman–Crippen MR) is 161 cm³/mol. The van der Waals surface area contributed by atoms with Crippen molar-refractivity contribution in [2.45, 2.75) is 24.0 Å². The highest BCUT2D eigenvalue weighted by Gasteiger charge is 2.16. The van der Waals surface area contributed by atoms with E-state index in [0.29, 0.717) is 16.7 Å². The van der Waals surface area contributed by atoms with Crippen LogP contribution < -0.4 is 16.0 Å². The summed E-state index contributed by atoms with van der Waals surface area (Å²) in [4.78, 5) is 18.4. The molecule has 0 aliphatic rings. The molecule has 0 spiro atoms. The van der Waals surface area contributed by atoms with Crippen LogP contribution in [-0.2, 0) is 4.79 Å². The maximum atomic E-state index is 12.9. The van der Waals surface area contributed by atoms with Gasteiger partial charge >= 0.3 is 0 Å². The van der Waals surface area contributed by atoms with Crippen molar-refractivity contribution in [2.24, 2.45) is 0 Å². The first-order valence-electron chi connectivity index (χ1n) is 12.1. The Balaban J connectivity index is 1.16. The molecule has 190 valence electrons. The first kappa shape index (κ1) is 25.5. The Morgan fingerprint density at radius 2 is 1.53 bits per heavy atom. The van der Waals surface area contributed by atoms with Crippen molar-refractivity contribution in [3.8, 4) is 11.5 Å². The fraction of sp³-hybridized carbons (Fsp3) is 0.100. The minimum Gasteiger partial charge on any atom is -0.436 e. The third-order valence-corrected chi connectivity index (χ3v) is 7.07. The average molecular weight is 539 g/mol. The summed E-state index contributed by atoms with van der Waals surface area (Å²) in [6.07, 6.45) is 0. The summed E-state index contributed by atoms with van der Waals surface area (Å²) in [6.45, 7) is 3.93. The number of aromatic nitrogens is 1. The lowest BCUT2D eigenvalue weighted by molar-refractivity contribution is -0.115. The van der Waals surface area contributed by atoms with Crippen molar-refractivity contribution in [2.75, 3.05) is 16.0 Å². The highest BCUT2D eigenvalue weighted by molar-refractivity contribution is 8.00. The molecule has 8 heteroatoms. The Morgan fingerprint density at radius 1 is 0.842 bits per heavy atom. The maximum Gasteiger partial charge on any atom is 0.237 e. The zero-order chi connectivity index (χ0) is 26.5. The fourth-order valence-corrected chi connectivity index (χ4v) is 4.93. The van der Waals surface area contributed by atoms with Crippen molar-refractivity contribution < 1.29 is 9.21 Å². The SMILES string of the molecule is Cc1ccc(NC(=S)Nc2cccc(SC(C)C(=O)Nc3ccc(-c4nc5ccccc5o4)cc3)c2)cc1. The Bertz CT molecular complexity index is 1550. The number of carbonyl (C=O) groups is 1. The Hall–Kier alpha value is -4.14. The van der Waals surface area contributed by atoms with E-state index in [4.69, 9.17) is 16.6 Å². The first-order chi connectivity index (χ1) is 18.4. The molecule has 1 unspecified atom stereocenters. The standard InChI is InChI=1S/C30H26N4O2S2/c1-19-10-14-23(15-11-19)32-30(37)33-24-6-5-7-25(18-24)38-20(2)28(35)31-22-16-12-21(13-17-22)29-34-26-8-3-4-9-27(26)36-29/h3-18,20H,1-2H3,(H,31,35)(H2,32,33,37). The molecular formula is C30H26N4O2S2. The van der Waals surface area contributed by atoms with Gasteiger partial charge in [-0.05, 0) is 92.8 Å². The van der Waals surface area contributed by atoms with Crippen molar-refractivity contribution in [3.05, 3.63) is 103 Å². The number of anilines is 3. The van der Waals surface area contributed by atoms with Gasteiger partial charge in [-0.3, -0.25) is 4.79 Å². The minimum absolute atomic E-state index is 0.0838.